The molecule has 0 spiro atoms. The molecule has 2 N–H and O–H groups in total. The second-order valence-corrected chi connectivity index (χ2v) is 7.13. The Morgan fingerprint density at radius 2 is 1.81 bits per heavy atom. The highest BCUT2D eigenvalue weighted by molar-refractivity contribution is 7.16. The van der Waals surface area contributed by atoms with Gasteiger partial charge in [-0.2, -0.15) is 0 Å². The molecule has 3 rings (SSSR count). The zero-order valence-corrected chi connectivity index (χ0v) is 15.3. The molecular formula is C20H18N2O3S. The van der Waals surface area contributed by atoms with E-state index in [1.807, 2.05) is 50.2 Å². The molecule has 6 heteroatoms. The summed E-state index contributed by atoms with van der Waals surface area (Å²) in [4.78, 5) is 28.7. The summed E-state index contributed by atoms with van der Waals surface area (Å²) in [7, 11) is 0. The fourth-order valence-corrected chi connectivity index (χ4v) is 3.52. The Morgan fingerprint density at radius 1 is 1.08 bits per heavy atom. The predicted octanol–water partition coefficient (Wildman–Crippen LogP) is 4.31. The molecule has 5 nitrogen and oxygen atoms in total. The first-order valence-electron chi connectivity index (χ1n) is 8.09. The van der Waals surface area contributed by atoms with Crippen molar-refractivity contribution in [1.82, 2.24) is 4.98 Å². The summed E-state index contributed by atoms with van der Waals surface area (Å²) in [5, 5.41) is 12.3. The number of carbonyl (C=O) groups excluding carboxylic acids is 1. The minimum atomic E-state index is -0.932. The summed E-state index contributed by atoms with van der Waals surface area (Å²) < 4.78 is 0. The first kappa shape index (κ1) is 17.8. The Labute approximate surface area is 155 Å². The highest BCUT2D eigenvalue weighted by Crippen LogP contribution is 2.32. The second-order valence-electron chi connectivity index (χ2n) is 6.05. The number of carboxylic acids is 1. The molecule has 0 saturated carbocycles. The normalized spacial score (nSPS) is 10.5. The van der Waals surface area contributed by atoms with Crippen molar-refractivity contribution in [2.75, 3.05) is 5.32 Å². The van der Waals surface area contributed by atoms with Gasteiger partial charge in [0.25, 0.3) is 5.91 Å². The van der Waals surface area contributed by atoms with Gasteiger partial charge in [-0.1, -0.05) is 47.5 Å². The van der Waals surface area contributed by atoms with E-state index in [9.17, 15) is 14.7 Å². The van der Waals surface area contributed by atoms with Gasteiger partial charge >= 0.3 is 5.97 Å². The van der Waals surface area contributed by atoms with Crippen molar-refractivity contribution >= 4 is 28.3 Å². The van der Waals surface area contributed by atoms with E-state index in [0.717, 1.165) is 16.7 Å². The molecule has 26 heavy (non-hydrogen) atoms. The van der Waals surface area contributed by atoms with E-state index in [-0.39, 0.29) is 12.3 Å². The van der Waals surface area contributed by atoms with Gasteiger partial charge in [0.15, 0.2) is 5.13 Å². The maximum atomic E-state index is 12.4. The van der Waals surface area contributed by atoms with Crippen LogP contribution in [0.4, 0.5) is 5.13 Å². The number of carbonyl (C=O) groups is 2. The second kappa shape index (κ2) is 7.49. The molecule has 3 aromatic rings. The molecule has 0 saturated heterocycles. The number of nitrogens with one attached hydrogen (secondary N) is 1. The molecule has 1 amide bonds. The third kappa shape index (κ3) is 4.15. The molecular weight excluding hydrogens is 348 g/mol. The van der Waals surface area contributed by atoms with Gasteiger partial charge in [0.1, 0.15) is 0 Å². The third-order valence-corrected chi connectivity index (χ3v) is 4.81. The topological polar surface area (TPSA) is 79.3 Å². The lowest BCUT2D eigenvalue weighted by atomic mass is 10.1. The fraction of sp³-hybridized carbons (Fsp3) is 0.150. The van der Waals surface area contributed by atoms with Gasteiger partial charge in [0.05, 0.1) is 12.1 Å². The van der Waals surface area contributed by atoms with Gasteiger partial charge < -0.3 is 5.11 Å². The first-order chi connectivity index (χ1) is 12.4. The van der Waals surface area contributed by atoms with Crippen LogP contribution in [-0.4, -0.2) is 22.0 Å². The van der Waals surface area contributed by atoms with Gasteiger partial charge in [-0.15, -0.1) is 11.3 Å². The van der Waals surface area contributed by atoms with Crippen LogP contribution in [0.5, 0.6) is 0 Å². The number of thiazole rings is 1. The standard InChI is InChI=1S/C20H18N2O3S/c1-12-6-8-14(9-7-12)18-16(11-17(23)24)26-20(21-18)22-19(25)15-5-3-4-13(2)10-15/h3-10H,11H2,1-2H3,(H,23,24)(H,21,22,25). The van der Waals surface area contributed by atoms with E-state index in [2.05, 4.69) is 10.3 Å². The molecule has 1 aromatic heterocycles. The maximum absolute atomic E-state index is 12.4. The van der Waals surface area contributed by atoms with Crippen molar-refractivity contribution in [2.24, 2.45) is 0 Å². The molecule has 0 atom stereocenters. The molecule has 2 aromatic carbocycles. The van der Waals surface area contributed by atoms with Gasteiger partial charge in [-0.05, 0) is 26.0 Å². The van der Waals surface area contributed by atoms with Crippen LogP contribution in [-0.2, 0) is 11.2 Å². The lowest BCUT2D eigenvalue weighted by Gasteiger charge is -2.02. The number of hydrogen-bond acceptors (Lipinski definition) is 4. The maximum Gasteiger partial charge on any atom is 0.308 e. The first-order valence-corrected chi connectivity index (χ1v) is 8.90. The lowest BCUT2D eigenvalue weighted by molar-refractivity contribution is -0.136. The highest BCUT2D eigenvalue weighted by atomic mass is 32.1. The average molecular weight is 366 g/mol. The Hall–Kier alpha value is -2.99. The number of benzene rings is 2. The number of amides is 1. The number of carboxylic acid groups (broad SMARTS) is 1. The summed E-state index contributed by atoms with van der Waals surface area (Å²) >= 11 is 1.19. The number of aliphatic carboxylic acids is 1. The zero-order chi connectivity index (χ0) is 18.7. The summed E-state index contributed by atoms with van der Waals surface area (Å²) in [6, 6.07) is 15.0. The fourth-order valence-electron chi connectivity index (χ4n) is 2.55. The van der Waals surface area contributed by atoms with Crippen molar-refractivity contribution in [3.8, 4) is 11.3 Å². The van der Waals surface area contributed by atoms with Crippen LogP contribution < -0.4 is 5.32 Å². The summed E-state index contributed by atoms with van der Waals surface area (Å²) in [6.07, 6.45) is -0.138. The zero-order valence-electron chi connectivity index (χ0n) is 14.4. The number of nitrogens with zero attached hydrogens (tertiary/aromatic N) is 1. The van der Waals surface area contributed by atoms with Crippen molar-refractivity contribution in [1.29, 1.82) is 0 Å². The molecule has 0 unspecified atom stereocenters. The molecule has 0 bridgehead atoms. The minimum absolute atomic E-state index is 0.138. The lowest BCUT2D eigenvalue weighted by Crippen LogP contribution is -2.11. The van der Waals surface area contributed by atoms with Crippen LogP contribution in [0.15, 0.2) is 48.5 Å². The van der Waals surface area contributed by atoms with E-state index in [0.29, 0.717) is 21.3 Å². The Kier molecular flexibility index (Phi) is 5.14. The third-order valence-electron chi connectivity index (χ3n) is 3.83. The van der Waals surface area contributed by atoms with Crippen LogP contribution in [0.2, 0.25) is 0 Å². The number of anilines is 1. The Bertz CT molecular complexity index is 961. The molecule has 1 heterocycles. The quantitative estimate of drug-likeness (QED) is 0.705. The number of rotatable bonds is 5. The van der Waals surface area contributed by atoms with Crippen LogP contribution in [0.25, 0.3) is 11.3 Å². The van der Waals surface area contributed by atoms with E-state index in [1.54, 1.807) is 12.1 Å². The number of aryl methyl sites for hydroxylation is 2. The summed E-state index contributed by atoms with van der Waals surface area (Å²) in [5.41, 5.74) is 4.06. The molecule has 0 aliphatic rings. The van der Waals surface area contributed by atoms with Gasteiger partial charge in [-0.25, -0.2) is 4.98 Å². The Morgan fingerprint density at radius 3 is 2.46 bits per heavy atom. The molecule has 0 aliphatic carbocycles. The van der Waals surface area contributed by atoms with E-state index >= 15 is 0 Å². The van der Waals surface area contributed by atoms with Gasteiger partial charge in [-0.3, -0.25) is 14.9 Å². The number of hydrogen-bond donors (Lipinski definition) is 2. The summed E-state index contributed by atoms with van der Waals surface area (Å²) in [5.74, 6) is -1.20. The highest BCUT2D eigenvalue weighted by Gasteiger charge is 2.17. The van der Waals surface area contributed by atoms with Crippen LogP contribution in [0.3, 0.4) is 0 Å². The summed E-state index contributed by atoms with van der Waals surface area (Å²) in [6.45, 7) is 3.90. The monoisotopic (exact) mass is 366 g/mol. The van der Waals surface area contributed by atoms with Crippen molar-refractivity contribution < 1.29 is 14.7 Å². The molecule has 132 valence electrons. The molecule has 0 aliphatic heterocycles. The predicted molar refractivity (Wildman–Crippen MR) is 103 cm³/mol. The average Bonchev–Trinajstić information content (AvgIpc) is 2.97. The minimum Gasteiger partial charge on any atom is -0.481 e. The molecule has 0 radical (unpaired) electrons. The van der Waals surface area contributed by atoms with E-state index in [1.165, 1.54) is 11.3 Å². The number of aromatic nitrogens is 1. The molecule has 0 fully saturated rings. The largest absolute Gasteiger partial charge is 0.481 e. The van der Waals surface area contributed by atoms with Crippen molar-refractivity contribution in [3.63, 3.8) is 0 Å². The van der Waals surface area contributed by atoms with Gasteiger partial charge in [0, 0.05) is 16.0 Å². The van der Waals surface area contributed by atoms with Crippen molar-refractivity contribution in [3.05, 3.63) is 70.1 Å². The van der Waals surface area contributed by atoms with Crippen LogP contribution in [0.1, 0.15) is 26.4 Å². The van der Waals surface area contributed by atoms with Crippen molar-refractivity contribution in [2.45, 2.75) is 20.3 Å². The van der Waals surface area contributed by atoms with Crippen LogP contribution >= 0.6 is 11.3 Å². The van der Waals surface area contributed by atoms with Gasteiger partial charge in [0.2, 0.25) is 0 Å². The van der Waals surface area contributed by atoms with E-state index < -0.39 is 5.97 Å². The smallest absolute Gasteiger partial charge is 0.308 e. The SMILES string of the molecule is Cc1ccc(-c2nc(NC(=O)c3cccc(C)c3)sc2CC(=O)O)cc1. The van der Waals surface area contributed by atoms with Crippen LogP contribution in [0, 0.1) is 13.8 Å². The Balaban J connectivity index is 1.91. The van der Waals surface area contributed by atoms with E-state index in [4.69, 9.17) is 0 Å².